The number of halogens is 1. The molecule has 0 N–H and O–H groups in total. The fraction of sp³-hybridized carbons (Fsp3) is 0.357. The molecule has 0 bridgehead atoms. The summed E-state index contributed by atoms with van der Waals surface area (Å²) >= 11 is 6.13. The van der Waals surface area contributed by atoms with E-state index in [9.17, 15) is 8.42 Å². The summed E-state index contributed by atoms with van der Waals surface area (Å²) in [7, 11) is -2.01. The van der Waals surface area contributed by atoms with Crippen LogP contribution in [0.3, 0.4) is 0 Å². The maximum Gasteiger partial charge on any atom is 0.283 e. The van der Waals surface area contributed by atoms with Crippen LogP contribution in [0.2, 0.25) is 5.02 Å². The number of sulfonamides is 1. The lowest BCUT2D eigenvalue weighted by Gasteiger charge is -2.33. The predicted molar refractivity (Wildman–Crippen MR) is 84.0 cm³/mol. The number of rotatable bonds is 2. The van der Waals surface area contributed by atoms with Crippen LogP contribution in [0, 0.1) is 6.92 Å². The SMILES string of the molecule is Cc1nc(S(=O)(=O)N2C[C@H](C)Oc3c(Cl)cccc32)cn1C. The van der Waals surface area contributed by atoms with E-state index in [1.165, 1.54) is 10.5 Å². The van der Waals surface area contributed by atoms with Crippen molar-refractivity contribution in [1.29, 1.82) is 0 Å². The maximum absolute atomic E-state index is 12.9. The van der Waals surface area contributed by atoms with E-state index in [0.717, 1.165) is 0 Å². The second kappa shape index (κ2) is 5.17. The van der Waals surface area contributed by atoms with E-state index in [-0.39, 0.29) is 17.7 Å². The van der Waals surface area contributed by atoms with Crippen LogP contribution >= 0.6 is 11.6 Å². The molecule has 22 heavy (non-hydrogen) atoms. The molecule has 0 fully saturated rings. The Labute approximate surface area is 134 Å². The van der Waals surface area contributed by atoms with Gasteiger partial charge in [-0.15, -0.1) is 0 Å². The van der Waals surface area contributed by atoms with Crippen LogP contribution in [-0.4, -0.2) is 30.6 Å². The molecule has 0 radical (unpaired) electrons. The molecule has 0 aliphatic carbocycles. The highest BCUT2D eigenvalue weighted by atomic mass is 35.5. The number of nitrogens with zero attached hydrogens (tertiary/aromatic N) is 3. The van der Waals surface area contributed by atoms with Crippen molar-refractivity contribution in [3.63, 3.8) is 0 Å². The second-order valence-electron chi connectivity index (χ2n) is 5.29. The minimum atomic E-state index is -3.76. The monoisotopic (exact) mass is 341 g/mol. The van der Waals surface area contributed by atoms with Crippen molar-refractivity contribution in [2.24, 2.45) is 7.05 Å². The summed E-state index contributed by atoms with van der Waals surface area (Å²) in [4.78, 5) is 4.14. The number of fused-ring (bicyclic) bond motifs is 1. The number of benzene rings is 1. The number of imidazole rings is 1. The Kier molecular flexibility index (Phi) is 3.57. The molecule has 0 saturated carbocycles. The molecule has 6 nitrogen and oxygen atoms in total. The summed E-state index contributed by atoms with van der Waals surface area (Å²) in [5.41, 5.74) is 0.439. The van der Waals surface area contributed by atoms with Gasteiger partial charge in [-0.25, -0.2) is 4.98 Å². The zero-order valence-corrected chi connectivity index (χ0v) is 14.0. The van der Waals surface area contributed by atoms with Gasteiger partial charge >= 0.3 is 0 Å². The Bertz CT molecular complexity index is 812. The third-order valence-electron chi connectivity index (χ3n) is 3.60. The van der Waals surface area contributed by atoms with Crippen molar-refractivity contribution >= 4 is 27.3 Å². The van der Waals surface area contributed by atoms with E-state index in [0.29, 0.717) is 22.3 Å². The van der Waals surface area contributed by atoms with Gasteiger partial charge in [0.15, 0.2) is 10.8 Å². The predicted octanol–water partition coefficient (Wildman–Crippen LogP) is 2.36. The van der Waals surface area contributed by atoms with Gasteiger partial charge in [-0.1, -0.05) is 17.7 Å². The molecule has 1 aliphatic heterocycles. The highest BCUT2D eigenvalue weighted by molar-refractivity contribution is 7.92. The molecular formula is C14H16ClN3O3S. The fourth-order valence-electron chi connectivity index (χ4n) is 2.37. The largest absolute Gasteiger partial charge is 0.485 e. The first-order valence-electron chi connectivity index (χ1n) is 6.78. The smallest absolute Gasteiger partial charge is 0.283 e. The molecule has 2 heterocycles. The molecule has 0 amide bonds. The third kappa shape index (κ3) is 2.34. The number of ether oxygens (including phenoxy) is 1. The lowest BCUT2D eigenvalue weighted by molar-refractivity contribution is 0.219. The van der Waals surface area contributed by atoms with Gasteiger partial charge in [-0.05, 0) is 26.0 Å². The van der Waals surface area contributed by atoms with Gasteiger partial charge in [0.25, 0.3) is 10.0 Å². The first kappa shape index (κ1) is 15.2. The molecule has 1 atom stereocenters. The van der Waals surface area contributed by atoms with E-state index in [1.807, 2.05) is 0 Å². The van der Waals surface area contributed by atoms with Gasteiger partial charge in [0.1, 0.15) is 11.9 Å². The standard InChI is InChI=1S/C14H16ClN3O3S/c1-9-7-18(12-6-4-5-11(15)14(12)21-9)22(19,20)13-8-17(3)10(2)16-13/h4-6,8-9H,7H2,1-3H3/t9-/m0/s1. The number of para-hydroxylation sites is 1. The van der Waals surface area contributed by atoms with Crippen molar-refractivity contribution in [3.05, 3.63) is 35.2 Å². The number of anilines is 1. The van der Waals surface area contributed by atoms with Gasteiger partial charge in [0.05, 0.1) is 17.3 Å². The highest BCUT2D eigenvalue weighted by Crippen LogP contribution is 2.41. The molecule has 1 aromatic heterocycles. The number of aryl methyl sites for hydroxylation is 2. The number of hydrogen-bond donors (Lipinski definition) is 0. The molecule has 1 aliphatic rings. The normalized spacial score (nSPS) is 18.0. The minimum absolute atomic E-state index is 0.0209. The van der Waals surface area contributed by atoms with Crippen molar-refractivity contribution in [2.75, 3.05) is 10.8 Å². The fourth-order valence-corrected chi connectivity index (χ4v) is 4.16. The van der Waals surface area contributed by atoms with E-state index in [2.05, 4.69) is 4.98 Å². The molecule has 2 aromatic rings. The summed E-state index contributed by atoms with van der Waals surface area (Å²) in [6.45, 7) is 3.77. The summed E-state index contributed by atoms with van der Waals surface area (Å²) < 4.78 is 34.5. The first-order valence-corrected chi connectivity index (χ1v) is 8.60. The van der Waals surface area contributed by atoms with E-state index >= 15 is 0 Å². The molecule has 0 spiro atoms. The van der Waals surface area contributed by atoms with E-state index in [1.54, 1.807) is 43.7 Å². The first-order chi connectivity index (χ1) is 10.3. The second-order valence-corrected chi connectivity index (χ2v) is 7.51. The lowest BCUT2D eigenvalue weighted by atomic mass is 10.2. The molecule has 0 unspecified atom stereocenters. The van der Waals surface area contributed by atoms with Crippen molar-refractivity contribution in [3.8, 4) is 5.75 Å². The van der Waals surface area contributed by atoms with Crippen LogP contribution in [0.25, 0.3) is 0 Å². The van der Waals surface area contributed by atoms with Crippen molar-refractivity contribution in [2.45, 2.75) is 25.0 Å². The van der Waals surface area contributed by atoms with E-state index < -0.39 is 10.0 Å². The van der Waals surface area contributed by atoms with Gasteiger partial charge in [0.2, 0.25) is 0 Å². The Hall–Kier alpha value is -1.73. The Morgan fingerprint density at radius 2 is 2.14 bits per heavy atom. The Morgan fingerprint density at radius 1 is 1.41 bits per heavy atom. The Balaban J connectivity index is 2.14. The lowest BCUT2D eigenvalue weighted by Crippen LogP contribution is -2.42. The molecule has 8 heteroatoms. The Morgan fingerprint density at radius 3 is 2.77 bits per heavy atom. The molecule has 3 rings (SSSR count). The molecular weight excluding hydrogens is 326 g/mol. The summed E-state index contributed by atoms with van der Waals surface area (Å²) in [5, 5.41) is 0.411. The van der Waals surface area contributed by atoms with Gasteiger partial charge < -0.3 is 9.30 Å². The van der Waals surface area contributed by atoms with Gasteiger partial charge in [0, 0.05) is 13.2 Å². The zero-order valence-electron chi connectivity index (χ0n) is 12.4. The van der Waals surface area contributed by atoms with Crippen molar-refractivity contribution < 1.29 is 13.2 Å². The zero-order chi connectivity index (χ0) is 16.1. The van der Waals surface area contributed by atoms with Crippen LogP contribution in [0.5, 0.6) is 5.75 Å². The third-order valence-corrected chi connectivity index (χ3v) is 5.55. The molecule has 0 saturated heterocycles. The van der Waals surface area contributed by atoms with Crippen LogP contribution < -0.4 is 9.04 Å². The van der Waals surface area contributed by atoms with Crippen molar-refractivity contribution in [1.82, 2.24) is 9.55 Å². The molecule has 1 aromatic carbocycles. The summed E-state index contributed by atoms with van der Waals surface area (Å²) in [5.74, 6) is 1.02. The van der Waals surface area contributed by atoms with Gasteiger partial charge in [-0.2, -0.15) is 8.42 Å². The summed E-state index contributed by atoms with van der Waals surface area (Å²) in [6, 6.07) is 5.06. The average Bonchev–Trinajstić information content (AvgIpc) is 2.80. The van der Waals surface area contributed by atoms with E-state index in [4.69, 9.17) is 16.3 Å². The highest BCUT2D eigenvalue weighted by Gasteiger charge is 2.35. The summed E-state index contributed by atoms with van der Waals surface area (Å²) in [6.07, 6.45) is 1.21. The van der Waals surface area contributed by atoms with Crippen LogP contribution in [-0.2, 0) is 17.1 Å². The maximum atomic E-state index is 12.9. The topological polar surface area (TPSA) is 64.4 Å². The van der Waals surface area contributed by atoms with Crippen LogP contribution in [0.4, 0.5) is 5.69 Å². The number of aromatic nitrogens is 2. The van der Waals surface area contributed by atoms with Crippen LogP contribution in [0.1, 0.15) is 12.7 Å². The average molecular weight is 342 g/mol. The minimum Gasteiger partial charge on any atom is -0.485 e. The number of hydrogen-bond acceptors (Lipinski definition) is 4. The quantitative estimate of drug-likeness (QED) is 0.841. The van der Waals surface area contributed by atoms with Gasteiger partial charge in [-0.3, -0.25) is 4.31 Å². The molecule has 118 valence electrons. The van der Waals surface area contributed by atoms with Crippen LogP contribution in [0.15, 0.2) is 29.4 Å².